The molecule has 0 radical (unpaired) electrons. The Balaban J connectivity index is 1.83. The quantitative estimate of drug-likeness (QED) is 0.904. The second kappa shape index (κ2) is 5.04. The third kappa shape index (κ3) is 2.56. The van der Waals surface area contributed by atoms with E-state index in [1.165, 1.54) is 12.1 Å². The van der Waals surface area contributed by atoms with Crippen molar-refractivity contribution in [3.05, 3.63) is 35.4 Å². The van der Waals surface area contributed by atoms with E-state index in [1.807, 2.05) is 0 Å². The van der Waals surface area contributed by atoms with Gasteiger partial charge in [0.1, 0.15) is 0 Å². The van der Waals surface area contributed by atoms with Gasteiger partial charge in [0.05, 0.1) is 5.56 Å². The number of hydrogen-bond acceptors (Lipinski definition) is 2. The summed E-state index contributed by atoms with van der Waals surface area (Å²) >= 11 is 0. The molecule has 2 atom stereocenters. The number of benzene rings is 1. The highest BCUT2D eigenvalue weighted by Gasteiger charge is 2.41. The second-order valence-corrected chi connectivity index (χ2v) is 5.94. The molecule has 2 heterocycles. The summed E-state index contributed by atoms with van der Waals surface area (Å²) in [5, 5.41) is 0. The predicted molar refractivity (Wildman–Crippen MR) is 71.0 cm³/mol. The van der Waals surface area contributed by atoms with Gasteiger partial charge in [0, 0.05) is 24.7 Å². The second-order valence-electron chi connectivity index (χ2n) is 5.94. The monoisotopic (exact) mass is 284 g/mol. The van der Waals surface area contributed by atoms with E-state index in [-0.39, 0.29) is 6.04 Å². The van der Waals surface area contributed by atoms with Gasteiger partial charge in [0.15, 0.2) is 0 Å². The van der Waals surface area contributed by atoms with Gasteiger partial charge < -0.3 is 5.73 Å². The van der Waals surface area contributed by atoms with Crippen LogP contribution < -0.4 is 5.73 Å². The molecule has 1 aromatic carbocycles. The van der Waals surface area contributed by atoms with Crippen LogP contribution in [0.3, 0.4) is 0 Å². The maximum Gasteiger partial charge on any atom is 0.416 e. The van der Waals surface area contributed by atoms with Crippen LogP contribution >= 0.6 is 0 Å². The summed E-state index contributed by atoms with van der Waals surface area (Å²) in [7, 11) is 0. The molecular formula is C15H19F3N2. The van der Waals surface area contributed by atoms with Crippen molar-refractivity contribution in [2.24, 2.45) is 5.73 Å². The van der Waals surface area contributed by atoms with Crippen molar-refractivity contribution < 1.29 is 13.2 Å². The fourth-order valence-corrected chi connectivity index (χ4v) is 3.71. The normalized spacial score (nSPS) is 30.7. The first kappa shape index (κ1) is 13.9. The van der Waals surface area contributed by atoms with E-state index < -0.39 is 11.7 Å². The molecule has 0 spiro atoms. The lowest BCUT2D eigenvalue weighted by Crippen LogP contribution is -2.47. The summed E-state index contributed by atoms with van der Waals surface area (Å²) < 4.78 is 39.1. The number of rotatable bonds is 2. The first-order valence-corrected chi connectivity index (χ1v) is 7.11. The van der Waals surface area contributed by atoms with Gasteiger partial charge in [-0.25, -0.2) is 0 Å². The van der Waals surface area contributed by atoms with Gasteiger partial charge in [-0.2, -0.15) is 13.2 Å². The molecule has 2 saturated heterocycles. The van der Waals surface area contributed by atoms with E-state index in [4.69, 9.17) is 5.73 Å². The van der Waals surface area contributed by atoms with E-state index in [1.54, 1.807) is 12.1 Å². The molecular weight excluding hydrogens is 265 g/mol. The zero-order valence-corrected chi connectivity index (χ0v) is 11.2. The van der Waals surface area contributed by atoms with Gasteiger partial charge in [-0.1, -0.05) is 18.2 Å². The molecule has 2 N–H and O–H groups in total. The highest BCUT2D eigenvalue weighted by Crippen LogP contribution is 2.38. The van der Waals surface area contributed by atoms with Crippen LogP contribution in [-0.2, 0) is 12.7 Å². The molecule has 2 unspecified atom stereocenters. The van der Waals surface area contributed by atoms with Crippen LogP contribution in [0.15, 0.2) is 24.3 Å². The Morgan fingerprint density at radius 3 is 2.30 bits per heavy atom. The Bertz CT molecular complexity index is 472. The lowest BCUT2D eigenvalue weighted by Gasteiger charge is -2.38. The summed E-state index contributed by atoms with van der Waals surface area (Å²) in [5.41, 5.74) is 5.88. The fourth-order valence-electron chi connectivity index (χ4n) is 3.71. The van der Waals surface area contributed by atoms with E-state index in [0.29, 0.717) is 24.2 Å². The van der Waals surface area contributed by atoms with Crippen LogP contribution in [0.4, 0.5) is 13.2 Å². The van der Waals surface area contributed by atoms with Crippen LogP contribution in [0.5, 0.6) is 0 Å². The Morgan fingerprint density at radius 2 is 1.70 bits per heavy atom. The molecule has 5 heteroatoms. The third-order valence-corrected chi connectivity index (χ3v) is 4.60. The maximum absolute atomic E-state index is 13.0. The average molecular weight is 284 g/mol. The number of fused-ring (bicyclic) bond motifs is 2. The van der Waals surface area contributed by atoms with Crippen LogP contribution in [0.1, 0.15) is 36.8 Å². The van der Waals surface area contributed by atoms with E-state index >= 15 is 0 Å². The number of hydrogen-bond donors (Lipinski definition) is 1. The molecule has 2 bridgehead atoms. The number of halogens is 3. The summed E-state index contributed by atoms with van der Waals surface area (Å²) in [6.07, 6.45) is -0.337. The van der Waals surface area contributed by atoms with Gasteiger partial charge in [-0.3, -0.25) is 4.90 Å². The topological polar surface area (TPSA) is 29.3 Å². The van der Waals surface area contributed by atoms with E-state index in [2.05, 4.69) is 4.90 Å². The molecule has 2 aliphatic rings. The maximum atomic E-state index is 13.0. The molecule has 1 aromatic rings. The minimum Gasteiger partial charge on any atom is -0.328 e. The minimum atomic E-state index is -4.28. The van der Waals surface area contributed by atoms with Crippen molar-refractivity contribution >= 4 is 0 Å². The number of piperidine rings is 1. The molecule has 0 aliphatic carbocycles. The highest BCUT2D eigenvalue weighted by atomic mass is 19.4. The average Bonchev–Trinajstić information content (AvgIpc) is 2.61. The molecule has 2 nitrogen and oxygen atoms in total. The van der Waals surface area contributed by atoms with Gasteiger partial charge in [-0.15, -0.1) is 0 Å². The molecule has 2 aliphatic heterocycles. The fraction of sp³-hybridized carbons (Fsp3) is 0.600. The van der Waals surface area contributed by atoms with E-state index in [9.17, 15) is 13.2 Å². The van der Waals surface area contributed by atoms with Crippen LogP contribution in [0, 0.1) is 0 Å². The summed E-state index contributed by atoms with van der Waals surface area (Å²) in [6.45, 7) is 0.387. The van der Waals surface area contributed by atoms with Crippen LogP contribution in [0.25, 0.3) is 0 Å². The smallest absolute Gasteiger partial charge is 0.328 e. The van der Waals surface area contributed by atoms with Gasteiger partial charge in [0.2, 0.25) is 0 Å². The van der Waals surface area contributed by atoms with Crippen molar-refractivity contribution in [1.29, 1.82) is 0 Å². The molecule has 20 heavy (non-hydrogen) atoms. The van der Waals surface area contributed by atoms with Crippen molar-refractivity contribution in [2.45, 2.75) is 56.5 Å². The lowest BCUT2D eigenvalue weighted by atomic mass is 9.96. The SMILES string of the molecule is NC1CC2CCC(C1)N2Cc1ccccc1C(F)(F)F. The zero-order chi connectivity index (χ0) is 14.3. The molecule has 3 rings (SSSR count). The van der Waals surface area contributed by atoms with Crippen molar-refractivity contribution in [2.75, 3.05) is 0 Å². The van der Waals surface area contributed by atoms with Crippen LogP contribution in [0.2, 0.25) is 0 Å². The number of alkyl halides is 3. The Labute approximate surface area is 116 Å². The minimum absolute atomic E-state index is 0.210. The Morgan fingerprint density at radius 1 is 1.10 bits per heavy atom. The predicted octanol–water partition coefficient (Wildman–Crippen LogP) is 3.16. The summed E-state index contributed by atoms with van der Waals surface area (Å²) in [6, 6.07) is 6.82. The first-order chi connectivity index (χ1) is 9.45. The number of nitrogens with zero attached hydrogens (tertiary/aromatic N) is 1. The Kier molecular flexibility index (Phi) is 3.50. The zero-order valence-electron chi connectivity index (χ0n) is 11.2. The van der Waals surface area contributed by atoms with Gasteiger partial charge in [-0.05, 0) is 37.3 Å². The molecule has 0 amide bonds. The van der Waals surface area contributed by atoms with Gasteiger partial charge >= 0.3 is 6.18 Å². The summed E-state index contributed by atoms with van der Waals surface area (Å²) in [4.78, 5) is 2.23. The standard InChI is InChI=1S/C15H19F3N2/c16-15(17,18)14-4-2-1-3-10(14)9-20-12-5-6-13(20)8-11(19)7-12/h1-4,11-13H,5-9,19H2. The third-order valence-electron chi connectivity index (χ3n) is 4.60. The highest BCUT2D eigenvalue weighted by molar-refractivity contribution is 5.30. The summed E-state index contributed by atoms with van der Waals surface area (Å²) in [5.74, 6) is 0. The molecule has 2 fully saturated rings. The largest absolute Gasteiger partial charge is 0.416 e. The van der Waals surface area contributed by atoms with Crippen molar-refractivity contribution in [3.8, 4) is 0 Å². The molecule has 0 saturated carbocycles. The Hall–Kier alpha value is -1.07. The van der Waals surface area contributed by atoms with Gasteiger partial charge in [0.25, 0.3) is 0 Å². The van der Waals surface area contributed by atoms with Crippen molar-refractivity contribution in [1.82, 2.24) is 4.90 Å². The number of nitrogens with two attached hydrogens (primary N) is 1. The van der Waals surface area contributed by atoms with Crippen LogP contribution in [-0.4, -0.2) is 23.0 Å². The lowest BCUT2D eigenvalue weighted by molar-refractivity contribution is -0.138. The first-order valence-electron chi connectivity index (χ1n) is 7.11. The van der Waals surface area contributed by atoms with E-state index in [0.717, 1.165) is 25.7 Å². The molecule has 110 valence electrons. The molecule has 0 aromatic heterocycles. The van der Waals surface area contributed by atoms with Crippen molar-refractivity contribution in [3.63, 3.8) is 0 Å².